The summed E-state index contributed by atoms with van der Waals surface area (Å²) in [6, 6.07) is 7.90. The molecule has 1 aliphatic heterocycles. The Bertz CT molecular complexity index is 362. The lowest BCUT2D eigenvalue weighted by Gasteiger charge is -2.22. The predicted molar refractivity (Wildman–Crippen MR) is 54.1 cm³/mol. The van der Waals surface area contributed by atoms with Gasteiger partial charge in [-0.1, -0.05) is 18.2 Å². The number of methoxy groups -OCH3 is 1. The summed E-state index contributed by atoms with van der Waals surface area (Å²) in [7, 11) is 1.63. The van der Waals surface area contributed by atoms with E-state index in [0.717, 1.165) is 12.1 Å². The van der Waals surface area contributed by atoms with Gasteiger partial charge in [0.25, 0.3) is 0 Å². The van der Waals surface area contributed by atoms with E-state index in [1.807, 2.05) is 24.3 Å². The molecule has 2 rings (SSSR count). The second-order valence-corrected chi connectivity index (χ2v) is 3.41. The first-order valence-corrected chi connectivity index (χ1v) is 4.64. The zero-order valence-electron chi connectivity index (χ0n) is 8.36. The molecule has 1 aliphatic rings. The zero-order valence-corrected chi connectivity index (χ0v) is 8.36. The summed E-state index contributed by atoms with van der Waals surface area (Å²) in [5.41, 5.74) is 2.15. The van der Waals surface area contributed by atoms with Gasteiger partial charge in [0.1, 0.15) is 6.23 Å². The Morgan fingerprint density at radius 3 is 2.86 bits per heavy atom. The molecule has 0 bridgehead atoms. The van der Waals surface area contributed by atoms with Crippen LogP contribution in [0.3, 0.4) is 0 Å². The van der Waals surface area contributed by atoms with E-state index in [9.17, 15) is 4.79 Å². The highest BCUT2D eigenvalue weighted by Gasteiger charge is 2.31. The Balaban J connectivity index is 2.42. The summed E-state index contributed by atoms with van der Waals surface area (Å²) in [4.78, 5) is 13.1. The monoisotopic (exact) mass is 191 g/mol. The molecule has 0 aromatic heterocycles. The molecule has 1 unspecified atom stereocenters. The molecular weight excluding hydrogens is 178 g/mol. The number of hydrogen-bond donors (Lipinski definition) is 0. The molecule has 0 fully saturated rings. The number of ether oxygens (including phenoxy) is 1. The summed E-state index contributed by atoms with van der Waals surface area (Å²) in [6.45, 7) is 1.56. The first kappa shape index (κ1) is 9.21. The first-order valence-electron chi connectivity index (χ1n) is 4.64. The highest BCUT2D eigenvalue weighted by Crippen LogP contribution is 2.31. The molecule has 1 aromatic rings. The van der Waals surface area contributed by atoms with Gasteiger partial charge in [-0.3, -0.25) is 9.69 Å². The summed E-state index contributed by atoms with van der Waals surface area (Å²) in [6.07, 6.45) is 0.650. The van der Waals surface area contributed by atoms with E-state index in [2.05, 4.69) is 0 Å². The molecule has 1 amide bonds. The predicted octanol–water partition coefficient (Wildman–Crippen LogP) is 1.57. The quantitative estimate of drug-likeness (QED) is 0.674. The average molecular weight is 191 g/mol. The SMILES string of the molecule is COC1Cc2ccccc2N1C(C)=O. The van der Waals surface area contributed by atoms with Gasteiger partial charge in [-0.15, -0.1) is 0 Å². The van der Waals surface area contributed by atoms with Crippen molar-refractivity contribution in [2.75, 3.05) is 12.0 Å². The summed E-state index contributed by atoms with van der Waals surface area (Å²) >= 11 is 0. The van der Waals surface area contributed by atoms with E-state index in [1.165, 1.54) is 5.56 Å². The lowest BCUT2D eigenvalue weighted by atomic mass is 10.2. The van der Waals surface area contributed by atoms with Gasteiger partial charge in [0.05, 0.1) is 0 Å². The maximum atomic E-state index is 11.4. The van der Waals surface area contributed by atoms with Crippen molar-refractivity contribution in [3.05, 3.63) is 29.8 Å². The number of para-hydroxylation sites is 1. The van der Waals surface area contributed by atoms with Gasteiger partial charge in [-0.05, 0) is 11.6 Å². The molecule has 0 aliphatic carbocycles. The van der Waals surface area contributed by atoms with Crippen LogP contribution in [0.25, 0.3) is 0 Å². The second-order valence-electron chi connectivity index (χ2n) is 3.41. The number of amides is 1. The number of anilines is 1. The second kappa shape index (κ2) is 3.42. The fourth-order valence-corrected chi connectivity index (χ4v) is 1.91. The summed E-state index contributed by atoms with van der Waals surface area (Å²) in [5.74, 6) is 0.0294. The van der Waals surface area contributed by atoms with Crippen molar-refractivity contribution < 1.29 is 9.53 Å². The number of hydrogen-bond acceptors (Lipinski definition) is 2. The maximum Gasteiger partial charge on any atom is 0.225 e. The van der Waals surface area contributed by atoms with Crippen molar-refractivity contribution >= 4 is 11.6 Å². The van der Waals surface area contributed by atoms with Crippen LogP contribution in [0, 0.1) is 0 Å². The van der Waals surface area contributed by atoms with Gasteiger partial charge in [-0.2, -0.15) is 0 Å². The molecular formula is C11H13NO2. The van der Waals surface area contributed by atoms with E-state index in [1.54, 1.807) is 18.9 Å². The molecule has 1 aromatic carbocycles. The zero-order chi connectivity index (χ0) is 10.1. The van der Waals surface area contributed by atoms with E-state index in [-0.39, 0.29) is 12.1 Å². The minimum absolute atomic E-state index is 0.0294. The van der Waals surface area contributed by atoms with Gasteiger partial charge < -0.3 is 4.74 Å². The fraction of sp³-hybridized carbons (Fsp3) is 0.364. The van der Waals surface area contributed by atoms with E-state index in [0.29, 0.717) is 0 Å². The van der Waals surface area contributed by atoms with Crippen molar-refractivity contribution in [2.24, 2.45) is 0 Å². The van der Waals surface area contributed by atoms with Crippen molar-refractivity contribution in [1.82, 2.24) is 0 Å². The van der Waals surface area contributed by atoms with Crippen LogP contribution in [0.2, 0.25) is 0 Å². The third kappa shape index (κ3) is 1.30. The molecule has 3 nitrogen and oxygen atoms in total. The van der Waals surface area contributed by atoms with Crippen molar-refractivity contribution in [3.63, 3.8) is 0 Å². The van der Waals surface area contributed by atoms with Crippen LogP contribution in [-0.4, -0.2) is 19.2 Å². The standard InChI is InChI=1S/C11H13NO2/c1-8(13)12-10-6-4-3-5-9(10)7-11(12)14-2/h3-6,11H,7H2,1-2H3. The lowest BCUT2D eigenvalue weighted by Crippen LogP contribution is -2.37. The Morgan fingerprint density at radius 1 is 1.50 bits per heavy atom. The average Bonchev–Trinajstić information content (AvgIpc) is 2.55. The van der Waals surface area contributed by atoms with Crippen LogP contribution < -0.4 is 4.90 Å². The summed E-state index contributed by atoms with van der Waals surface area (Å²) in [5, 5.41) is 0. The largest absolute Gasteiger partial charge is 0.361 e. The van der Waals surface area contributed by atoms with Gasteiger partial charge in [0.2, 0.25) is 5.91 Å². The Morgan fingerprint density at radius 2 is 2.21 bits per heavy atom. The molecule has 1 atom stereocenters. The molecule has 0 N–H and O–H groups in total. The highest BCUT2D eigenvalue weighted by atomic mass is 16.5. The maximum absolute atomic E-state index is 11.4. The molecule has 1 heterocycles. The van der Waals surface area contributed by atoms with Crippen molar-refractivity contribution in [2.45, 2.75) is 19.6 Å². The van der Waals surface area contributed by atoms with Crippen LogP contribution in [-0.2, 0) is 16.0 Å². The van der Waals surface area contributed by atoms with Gasteiger partial charge in [-0.25, -0.2) is 0 Å². The van der Waals surface area contributed by atoms with Crippen molar-refractivity contribution in [1.29, 1.82) is 0 Å². The smallest absolute Gasteiger partial charge is 0.225 e. The molecule has 3 heteroatoms. The Labute approximate surface area is 83.3 Å². The minimum atomic E-state index is -0.134. The molecule has 0 saturated heterocycles. The van der Waals surface area contributed by atoms with Crippen molar-refractivity contribution in [3.8, 4) is 0 Å². The Hall–Kier alpha value is -1.35. The van der Waals surface area contributed by atoms with Gasteiger partial charge >= 0.3 is 0 Å². The Kier molecular flexibility index (Phi) is 2.25. The third-order valence-electron chi connectivity index (χ3n) is 2.54. The van der Waals surface area contributed by atoms with E-state index >= 15 is 0 Å². The van der Waals surface area contributed by atoms with Crippen LogP contribution in [0.15, 0.2) is 24.3 Å². The highest BCUT2D eigenvalue weighted by molar-refractivity contribution is 5.94. The number of benzene rings is 1. The third-order valence-corrected chi connectivity index (χ3v) is 2.54. The number of fused-ring (bicyclic) bond motifs is 1. The molecule has 74 valence electrons. The number of rotatable bonds is 1. The number of carbonyl (C=O) groups excluding carboxylic acids is 1. The normalized spacial score (nSPS) is 19.6. The topological polar surface area (TPSA) is 29.5 Å². The fourth-order valence-electron chi connectivity index (χ4n) is 1.91. The van der Waals surface area contributed by atoms with Crippen LogP contribution in [0.5, 0.6) is 0 Å². The molecule has 0 spiro atoms. The van der Waals surface area contributed by atoms with Crippen LogP contribution in [0.1, 0.15) is 12.5 Å². The van der Waals surface area contributed by atoms with Gasteiger partial charge in [0, 0.05) is 26.1 Å². The van der Waals surface area contributed by atoms with Crippen LogP contribution in [0.4, 0.5) is 5.69 Å². The lowest BCUT2D eigenvalue weighted by molar-refractivity contribution is -0.118. The van der Waals surface area contributed by atoms with Crippen LogP contribution >= 0.6 is 0 Å². The molecule has 14 heavy (non-hydrogen) atoms. The number of carbonyl (C=O) groups is 1. The van der Waals surface area contributed by atoms with E-state index in [4.69, 9.17) is 4.74 Å². The van der Waals surface area contributed by atoms with Gasteiger partial charge in [0.15, 0.2) is 0 Å². The summed E-state index contributed by atoms with van der Waals surface area (Å²) < 4.78 is 5.27. The van der Waals surface area contributed by atoms with E-state index < -0.39 is 0 Å². The first-order chi connectivity index (χ1) is 6.74. The molecule has 0 radical (unpaired) electrons. The number of nitrogens with zero attached hydrogens (tertiary/aromatic N) is 1. The molecule has 0 saturated carbocycles. The minimum Gasteiger partial charge on any atom is -0.361 e.